The van der Waals surface area contributed by atoms with Gasteiger partial charge in [0.15, 0.2) is 0 Å². The van der Waals surface area contributed by atoms with E-state index in [1.54, 1.807) is 24.7 Å². The standard InChI is InChI=1S/C11H10Cl2N4/c1-14-10(7-3-15-6-16-4-7)11-9(13)2-8(12)5-17-11/h2-6,10,14H,1H3. The monoisotopic (exact) mass is 268 g/mol. The molecular formula is C11H10Cl2N4. The molecule has 2 aromatic heterocycles. The van der Waals surface area contributed by atoms with Gasteiger partial charge in [-0.1, -0.05) is 23.2 Å². The number of pyridine rings is 1. The molecular weight excluding hydrogens is 259 g/mol. The quantitative estimate of drug-likeness (QED) is 0.930. The van der Waals surface area contributed by atoms with E-state index < -0.39 is 0 Å². The Hall–Kier alpha value is -1.23. The maximum atomic E-state index is 6.13. The van der Waals surface area contributed by atoms with Gasteiger partial charge in [-0.2, -0.15) is 0 Å². The maximum absolute atomic E-state index is 6.13. The number of nitrogens with one attached hydrogen (secondary N) is 1. The third kappa shape index (κ3) is 2.72. The van der Waals surface area contributed by atoms with E-state index in [2.05, 4.69) is 20.3 Å². The van der Waals surface area contributed by atoms with Crippen molar-refractivity contribution in [3.63, 3.8) is 0 Å². The smallest absolute Gasteiger partial charge is 0.115 e. The number of hydrogen-bond acceptors (Lipinski definition) is 4. The van der Waals surface area contributed by atoms with Gasteiger partial charge in [0.25, 0.3) is 0 Å². The zero-order chi connectivity index (χ0) is 12.3. The van der Waals surface area contributed by atoms with Crippen LogP contribution >= 0.6 is 23.2 Å². The number of nitrogens with zero attached hydrogens (tertiary/aromatic N) is 3. The number of aromatic nitrogens is 3. The van der Waals surface area contributed by atoms with E-state index in [4.69, 9.17) is 23.2 Å². The predicted molar refractivity (Wildman–Crippen MR) is 67.2 cm³/mol. The fourth-order valence-corrected chi connectivity index (χ4v) is 2.05. The molecule has 2 heterocycles. The SMILES string of the molecule is CNC(c1cncnc1)c1ncc(Cl)cc1Cl. The molecule has 0 saturated heterocycles. The van der Waals surface area contributed by atoms with E-state index in [0.29, 0.717) is 15.7 Å². The average molecular weight is 269 g/mol. The molecule has 17 heavy (non-hydrogen) atoms. The van der Waals surface area contributed by atoms with Gasteiger partial charge >= 0.3 is 0 Å². The normalized spacial score (nSPS) is 12.4. The van der Waals surface area contributed by atoms with Crippen LogP contribution in [-0.2, 0) is 0 Å². The molecule has 2 rings (SSSR count). The van der Waals surface area contributed by atoms with Gasteiger partial charge in [-0.3, -0.25) is 4.98 Å². The fourth-order valence-electron chi connectivity index (χ4n) is 1.56. The molecule has 0 saturated carbocycles. The molecule has 1 atom stereocenters. The Labute approximate surface area is 109 Å². The Morgan fingerprint density at radius 2 is 1.88 bits per heavy atom. The van der Waals surface area contributed by atoms with Crippen LogP contribution in [0.5, 0.6) is 0 Å². The highest BCUT2D eigenvalue weighted by molar-refractivity contribution is 6.34. The van der Waals surface area contributed by atoms with Crippen LogP contribution in [0.25, 0.3) is 0 Å². The Morgan fingerprint density at radius 1 is 1.18 bits per heavy atom. The molecule has 4 nitrogen and oxygen atoms in total. The minimum Gasteiger partial charge on any atom is -0.308 e. The zero-order valence-electron chi connectivity index (χ0n) is 9.06. The third-order valence-corrected chi connectivity index (χ3v) is 2.82. The van der Waals surface area contributed by atoms with Gasteiger partial charge in [-0.25, -0.2) is 9.97 Å². The van der Waals surface area contributed by atoms with Crippen LogP contribution in [0.15, 0.2) is 31.0 Å². The highest BCUT2D eigenvalue weighted by Crippen LogP contribution is 2.27. The molecule has 2 aromatic rings. The molecule has 0 aliphatic carbocycles. The van der Waals surface area contributed by atoms with Crippen LogP contribution < -0.4 is 5.32 Å². The third-order valence-electron chi connectivity index (χ3n) is 2.31. The minimum atomic E-state index is -0.152. The summed E-state index contributed by atoms with van der Waals surface area (Å²) in [6.07, 6.45) is 6.49. The summed E-state index contributed by atoms with van der Waals surface area (Å²) in [5.74, 6) is 0. The first-order chi connectivity index (χ1) is 8.22. The van der Waals surface area contributed by atoms with Crippen molar-refractivity contribution in [3.05, 3.63) is 52.3 Å². The second-order valence-electron chi connectivity index (χ2n) is 3.41. The summed E-state index contributed by atoms with van der Waals surface area (Å²) in [4.78, 5) is 12.2. The van der Waals surface area contributed by atoms with E-state index in [1.807, 2.05) is 7.05 Å². The van der Waals surface area contributed by atoms with E-state index in [0.717, 1.165) is 5.56 Å². The van der Waals surface area contributed by atoms with Crippen LogP contribution in [0.1, 0.15) is 17.3 Å². The molecule has 0 aliphatic rings. The number of rotatable bonds is 3. The zero-order valence-corrected chi connectivity index (χ0v) is 10.6. The van der Waals surface area contributed by atoms with Gasteiger partial charge < -0.3 is 5.32 Å². The van der Waals surface area contributed by atoms with E-state index in [1.165, 1.54) is 6.33 Å². The second kappa shape index (κ2) is 5.40. The molecule has 0 radical (unpaired) electrons. The molecule has 0 aromatic carbocycles. The van der Waals surface area contributed by atoms with Gasteiger partial charge in [0.2, 0.25) is 0 Å². The lowest BCUT2D eigenvalue weighted by Gasteiger charge is -2.16. The predicted octanol–water partition coefficient (Wildman–Crippen LogP) is 2.49. The topological polar surface area (TPSA) is 50.7 Å². The molecule has 6 heteroatoms. The number of halogens is 2. The van der Waals surface area contributed by atoms with Crippen LogP contribution in [0.3, 0.4) is 0 Å². The van der Waals surface area contributed by atoms with Crippen molar-refractivity contribution >= 4 is 23.2 Å². The van der Waals surface area contributed by atoms with Gasteiger partial charge in [0.1, 0.15) is 6.33 Å². The Bertz CT molecular complexity index is 504. The highest BCUT2D eigenvalue weighted by atomic mass is 35.5. The van der Waals surface area contributed by atoms with Gasteiger partial charge in [-0.15, -0.1) is 0 Å². The number of hydrogen-bond donors (Lipinski definition) is 1. The molecule has 0 bridgehead atoms. The molecule has 1 N–H and O–H groups in total. The van der Waals surface area contributed by atoms with Crippen molar-refractivity contribution in [2.24, 2.45) is 0 Å². The second-order valence-corrected chi connectivity index (χ2v) is 4.26. The average Bonchev–Trinajstić information content (AvgIpc) is 2.34. The minimum absolute atomic E-state index is 0.152. The maximum Gasteiger partial charge on any atom is 0.115 e. The summed E-state index contributed by atoms with van der Waals surface area (Å²) in [5, 5.41) is 4.15. The van der Waals surface area contributed by atoms with Crippen molar-refractivity contribution in [2.75, 3.05) is 7.05 Å². The van der Waals surface area contributed by atoms with Crippen molar-refractivity contribution in [2.45, 2.75) is 6.04 Å². The Morgan fingerprint density at radius 3 is 2.47 bits per heavy atom. The first-order valence-electron chi connectivity index (χ1n) is 4.95. The summed E-state index contributed by atoms with van der Waals surface area (Å²) in [5.41, 5.74) is 1.60. The lowest BCUT2D eigenvalue weighted by molar-refractivity contribution is 0.665. The van der Waals surface area contributed by atoms with E-state index in [9.17, 15) is 0 Å². The van der Waals surface area contributed by atoms with Crippen LogP contribution in [0.4, 0.5) is 0 Å². The van der Waals surface area contributed by atoms with Crippen molar-refractivity contribution in [1.29, 1.82) is 0 Å². The largest absolute Gasteiger partial charge is 0.308 e. The summed E-state index contributed by atoms with van der Waals surface area (Å²) in [6, 6.07) is 1.51. The van der Waals surface area contributed by atoms with Gasteiger partial charge in [0, 0.05) is 24.2 Å². The lowest BCUT2D eigenvalue weighted by Crippen LogP contribution is -2.19. The van der Waals surface area contributed by atoms with Crippen LogP contribution in [0, 0.1) is 0 Å². The first-order valence-corrected chi connectivity index (χ1v) is 5.71. The Kier molecular flexibility index (Phi) is 3.89. The highest BCUT2D eigenvalue weighted by Gasteiger charge is 2.17. The van der Waals surface area contributed by atoms with Gasteiger partial charge in [-0.05, 0) is 13.1 Å². The van der Waals surface area contributed by atoms with Crippen molar-refractivity contribution in [1.82, 2.24) is 20.3 Å². The molecule has 0 amide bonds. The van der Waals surface area contributed by atoms with Crippen molar-refractivity contribution in [3.8, 4) is 0 Å². The summed E-state index contributed by atoms with van der Waals surface area (Å²) < 4.78 is 0. The Balaban J connectivity index is 2.42. The molecule has 0 aliphatic heterocycles. The summed E-state index contributed by atoms with van der Waals surface area (Å²) in [7, 11) is 1.82. The van der Waals surface area contributed by atoms with E-state index >= 15 is 0 Å². The molecule has 0 spiro atoms. The molecule has 1 unspecified atom stereocenters. The molecule has 88 valence electrons. The molecule has 0 fully saturated rings. The van der Waals surface area contributed by atoms with Gasteiger partial charge in [0.05, 0.1) is 21.8 Å². The van der Waals surface area contributed by atoms with Crippen LogP contribution in [-0.4, -0.2) is 22.0 Å². The van der Waals surface area contributed by atoms with Crippen LogP contribution in [0.2, 0.25) is 10.0 Å². The first kappa shape index (κ1) is 12.2. The fraction of sp³-hybridized carbons (Fsp3) is 0.182. The van der Waals surface area contributed by atoms with E-state index in [-0.39, 0.29) is 6.04 Å². The summed E-state index contributed by atoms with van der Waals surface area (Å²) >= 11 is 11.9. The van der Waals surface area contributed by atoms with Crippen molar-refractivity contribution < 1.29 is 0 Å². The summed E-state index contributed by atoms with van der Waals surface area (Å²) in [6.45, 7) is 0. The lowest BCUT2D eigenvalue weighted by atomic mass is 10.1.